The van der Waals surface area contributed by atoms with Gasteiger partial charge in [-0.3, -0.25) is 9.36 Å². The van der Waals surface area contributed by atoms with Crippen LogP contribution < -0.4 is 10.1 Å². The standard InChI is InChI=1S/C21H20ClFN4O2S/c1-3-11-27-20(15-7-5-6-8-18(15)29-4-2)25-26-21(27)30-13-19(28)24-14-9-10-17(23)16(22)12-14/h3,5-10,12H,1,4,11,13H2,2H3,(H,24,28). The fourth-order valence-electron chi connectivity index (χ4n) is 2.72. The molecule has 0 bridgehead atoms. The third-order valence-electron chi connectivity index (χ3n) is 3.99. The van der Waals surface area contributed by atoms with E-state index >= 15 is 0 Å². The van der Waals surface area contributed by atoms with E-state index in [1.807, 2.05) is 35.8 Å². The maximum absolute atomic E-state index is 13.3. The Bertz CT molecular complexity index is 1060. The van der Waals surface area contributed by atoms with Crippen LogP contribution in [0.25, 0.3) is 11.4 Å². The molecule has 30 heavy (non-hydrogen) atoms. The number of amides is 1. The van der Waals surface area contributed by atoms with Crippen LogP contribution in [-0.4, -0.2) is 33.0 Å². The number of ether oxygens (including phenoxy) is 1. The van der Waals surface area contributed by atoms with Crippen LogP contribution in [0.1, 0.15) is 6.92 Å². The van der Waals surface area contributed by atoms with Gasteiger partial charge < -0.3 is 10.1 Å². The smallest absolute Gasteiger partial charge is 0.234 e. The van der Waals surface area contributed by atoms with Crippen LogP contribution in [0, 0.1) is 5.82 Å². The first-order valence-electron chi connectivity index (χ1n) is 9.17. The number of aromatic nitrogens is 3. The highest BCUT2D eigenvalue weighted by atomic mass is 35.5. The third kappa shape index (κ3) is 5.20. The number of carbonyl (C=O) groups excluding carboxylic acids is 1. The Kier molecular flexibility index (Phi) is 7.48. The van der Waals surface area contributed by atoms with E-state index in [2.05, 4.69) is 22.1 Å². The summed E-state index contributed by atoms with van der Waals surface area (Å²) < 4.78 is 20.8. The first kappa shape index (κ1) is 21.9. The Morgan fingerprint density at radius 2 is 2.13 bits per heavy atom. The van der Waals surface area contributed by atoms with E-state index in [1.54, 1.807) is 6.08 Å². The number of hydrogen-bond acceptors (Lipinski definition) is 5. The van der Waals surface area contributed by atoms with Crippen LogP contribution in [-0.2, 0) is 11.3 Å². The highest BCUT2D eigenvalue weighted by Crippen LogP contribution is 2.31. The first-order valence-corrected chi connectivity index (χ1v) is 10.5. The SMILES string of the molecule is C=CCn1c(SCC(=O)Nc2ccc(F)c(Cl)c2)nnc1-c1ccccc1OCC. The largest absolute Gasteiger partial charge is 0.493 e. The van der Waals surface area contributed by atoms with E-state index in [0.29, 0.717) is 35.6 Å². The van der Waals surface area contributed by atoms with Crippen molar-refractivity contribution in [2.45, 2.75) is 18.6 Å². The van der Waals surface area contributed by atoms with E-state index in [4.69, 9.17) is 16.3 Å². The summed E-state index contributed by atoms with van der Waals surface area (Å²) in [6.45, 7) is 6.72. The zero-order chi connectivity index (χ0) is 21.5. The van der Waals surface area contributed by atoms with Gasteiger partial charge in [0, 0.05) is 12.2 Å². The Morgan fingerprint density at radius 1 is 1.33 bits per heavy atom. The molecule has 0 fully saturated rings. The van der Waals surface area contributed by atoms with Gasteiger partial charge in [-0.25, -0.2) is 4.39 Å². The van der Waals surface area contributed by atoms with Gasteiger partial charge in [-0.05, 0) is 37.3 Å². The summed E-state index contributed by atoms with van der Waals surface area (Å²) in [5.41, 5.74) is 1.23. The number of halogens is 2. The number of nitrogens with one attached hydrogen (secondary N) is 1. The summed E-state index contributed by atoms with van der Waals surface area (Å²) >= 11 is 6.99. The molecule has 3 rings (SSSR count). The normalized spacial score (nSPS) is 10.6. The molecule has 0 aliphatic carbocycles. The number of anilines is 1. The summed E-state index contributed by atoms with van der Waals surface area (Å²) in [4.78, 5) is 12.3. The number of hydrogen-bond donors (Lipinski definition) is 1. The molecule has 3 aromatic rings. The zero-order valence-electron chi connectivity index (χ0n) is 16.3. The number of rotatable bonds is 9. The minimum Gasteiger partial charge on any atom is -0.493 e. The monoisotopic (exact) mass is 446 g/mol. The van der Waals surface area contributed by atoms with Gasteiger partial charge in [0.25, 0.3) is 0 Å². The zero-order valence-corrected chi connectivity index (χ0v) is 17.8. The minimum absolute atomic E-state index is 0.0521. The summed E-state index contributed by atoms with van der Waals surface area (Å²) in [6, 6.07) is 11.6. The quantitative estimate of drug-likeness (QED) is 0.368. The Hall–Kier alpha value is -2.84. The molecule has 6 nitrogen and oxygen atoms in total. The van der Waals surface area contributed by atoms with Crippen LogP contribution in [0.15, 0.2) is 60.3 Å². The van der Waals surface area contributed by atoms with Gasteiger partial charge in [0.1, 0.15) is 11.6 Å². The van der Waals surface area contributed by atoms with Crippen molar-refractivity contribution in [1.29, 1.82) is 0 Å². The average molecular weight is 447 g/mol. The Balaban J connectivity index is 1.76. The van der Waals surface area contributed by atoms with Crippen molar-refractivity contribution in [3.8, 4) is 17.1 Å². The molecule has 0 spiro atoms. The van der Waals surface area contributed by atoms with Gasteiger partial charge in [-0.15, -0.1) is 16.8 Å². The van der Waals surface area contributed by atoms with Crippen molar-refractivity contribution >= 4 is 35.0 Å². The molecule has 1 heterocycles. The number of para-hydroxylation sites is 1. The molecule has 0 radical (unpaired) electrons. The van der Waals surface area contributed by atoms with Crippen molar-refractivity contribution in [3.63, 3.8) is 0 Å². The molecule has 1 amide bonds. The summed E-state index contributed by atoms with van der Waals surface area (Å²) in [7, 11) is 0. The molecular formula is C21H20ClFN4O2S. The Morgan fingerprint density at radius 3 is 2.87 bits per heavy atom. The predicted molar refractivity (Wildman–Crippen MR) is 118 cm³/mol. The van der Waals surface area contributed by atoms with Gasteiger partial charge in [0.05, 0.1) is 22.9 Å². The molecule has 0 saturated carbocycles. The fraction of sp³-hybridized carbons (Fsp3) is 0.190. The van der Waals surface area contributed by atoms with Gasteiger partial charge in [0.2, 0.25) is 5.91 Å². The number of nitrogens with zero attached hydrogens (tertiary/aromatic N) is 3. The fourth-order valence-corrected chi connectivity index (χ4v) is 3.65. The van der Waals surface area contributed by atoms with E-state index in [1.165, 1.54) is 30.0 Å². The average Bonchev–Trinajstić information content (AvgIpc) is 3.13. The van der Waals surface area contributed by atoms with Gasteiger partial charge in [-0.2, -0.15) is 0 Å². The second-order valence-electron chi connectivity index (χ2n) is 6.10. The predicted octanol–water partition coefficient (Wildman–Crippen LogP) is 5.05. The third-order valence-corrected chi connectivity index (χ3v) is 5.25. The van der Waals surface area contributed by atoms with Crippen molar-refractivity contribution in [2.75, 3.05) is 17.7 Å². The molecule has 1 N–H and O–H groups in total. The molecule has 156 valence electrons. The molecule has 0 unspecified atom stereocenters. The summed E-state index contributed by atoms with van der Waals surface area (Å²) in [6.07, 6.45) is 1.74. The van der Waals surface area contributed by atoms with Crippen LogP contribution in [0.5, 0.6) is 5.75 Å². The maximum Gasteiger partial charge on any atom is 0.234 e. The number of allylic oxidation sites excluding steroid dienone is 1. The lowest BCUT2D eigenvalue weighted by molar-refractivity contribution is -0.113. The maximum atomic E-state index is 13.3. The minimum atomic E-state index is -0.540. The van der Waals surface area contributed by atoms with Crippen LogP contribution in [0.2, 0.25) is 5.02 Å². The van der Waals surface area contributed by atoms with Crippen molar-refractivity contribution in [1.82, 2.24) is 14.8 Å². The lowest BCUT2D eigenvalue weighted by atomic mass is 10.2. The lowest BCUT2D eigenvalue weighted by Crippen LogP contribution is -2.14. The highest BCUT2D eigenvalue weighted by Gasteiger charge is 2.18. The highest BCUT2D eigenvalue weighted by molar-refractivity contribution is 7.99. The van der Waals surface area contributed by atoms with Crippen molar-refractivity contribution < 1.29 is 13.9 Å². The molecule has 1 aromatic heterocycles. The van der Waals surface area contributed by atoms with E-state index < -0.39 is 5.82 Å². The molecule has 0 aliphatic heterocycles. The topological polar surface area (TPSA) is 69.0 Å². The molecule has 2 aromatic carbocycles. The first-order chi connectivity index (χ1) is 14.5. The number of thioether (sulfide) groups is 1. The molecule has 0 aliphatic rings. The van der Waals surface area contributed by atoms with E-state index in [9.17, 15) is 9.18 Å². The van der Waals surface area contributed by atoms with Crippen molar-refractivity contribution in [3.05, 3.63) is 66.0 Å². The number of benzene rings is 2. The second kappa shape index (κ2) is 10.3. The summed E-state index contributed by atoms with van der Waals surface area (Å²) in [5.74, 6) is 0.623. The molecule has 0 atom stereocenters. The van der Waals surface area contributed by atoms with Gasteiger partial charge in [0.15, 0.2) is 11.0 Å². The number of carbonyl (C=O) groups is 1. The molecule has 9 heteroatoms. The van der Waals surface area contributed by atoms with E-state index in [-0.39, 0.29) is 16.7 Å². The van der Waals surface area contributed by atoms with Crippen molar-refractivity contribution in [2.24, 2.45) is 0 Å². The van der Waals surface area contributed by atoms with Crippen LogP contribution in [0.4, 0.5) is 10.1 Å². The summed E-state index contributed by atoms with van der Waals surface area (Å²) in [5, 5.41) is 11.8. The second-order valence-corrected chi connectivity index (χ2v) is 7.45. The van der Waals surface area contributed by atoms with E-state index in [0.717, 1.165) is 5.56 Å². The Labute approximate surface area is 183 Å². The molecular weight excluding hydrogens is 427 g/mol. The molecule has 0 saturated heterocycles. The lowest BCUT2D eigenvalue weighted by Gasteiger charge is -2.11. The van der Waals surface area contributed by atoms with Gasteiger partial charge >= 0.3 is 0 Å². The van der Waals surface area contributed by atoms with Gasteiger partial charge in [-0.1, -0.05) is 41.6 Å². The van der Waals surface area contributed by atoms with Crippen LogP contribution in [0.3, 0.4) is 0 Å². The van der Waals surface area contributed by atoms with Crippen LogP contribution >= 0.6 is 23.4 Å².